The van der Waals surface area contributed by atoms with Crippen molar-refractivity contribution in [1.29, 1.82) is 0 Å². The average Bonchev–Trinajstić information content (AvgIpc) is 3.05. The lowest BCUT2D eigenvalue weighted by atomic mass is 10.1. The summed E-state index contributed by atoms with van der Waals surface area (Å²) in [5, 5.41) is 2.87. The van der Waals surface area contributed by atoms with Crippen molar-refractivity contribution in [3.8, 4) is 17.2 Å². The van der Waals surface area contributed by atoms with Crippen molar-refractivity contribution >= 4 is 29.5 Å². The quantitative estimate of drug-likeness (QED) is 0.0765. The third-order valence-corrected chi connectivity index (χ3v) is 6.30. The van der Waals surface area contributed by atoms with Gasteiger partial charge in [0, 0.05) is 23.4 Å². The summed E-state index contributed by atoms with van der Waals surface area (Å²) < 4.78 is 26.7. The number of aryl methyl sites for hydroxylation is 1. The summed E-state index contributed by atoms with van der Waals surface area (Å²) >= 11 is 0. The minimum absolute atomic E-state index is 0.295. The number of anilines is 1. The molecule has 3 aromatic rings. The second-order valence-electron chi connectivity index (χ2n) is 9.72. The number of unbranched alkanes of at least 4 members (excludes halogenated alkanes) is 2. The first-order valence-electron chi connectivity index (χ1n) is 14.5. The fraction of sp³-hybridized carbons (Fsp3) is 0.257. The van der Waals surface area contributed by atoms with E-state index in [0.29, 0.717) is 86.2 Å². The lowest BCUT2D eigenvalue weighted by Gasteiger charge is -2.12. The van der Waals surface area contributed by atoms with Crippen LogP contribution in [0.5, 0.6) is 17.2 Å². The van der Waals surface area contributed by atoms with Crippen LogP contribution < -0.4 is 19.5 Å². The van der Waals surface area contributed by atoms with Gasteiger partial charge in [0.2, 0.25) is 0 Å². The molecule has 0 heterocycles. The number of hydrogen-bond donors (Lipinski definition) is 1. The van der Waals surface area contributed by atoms with Crippen LogP contribution in [0.3, 0.4) is 0 Å². The summed E-state index contributed by atoms with van der Waals surface area (Å²) in [6.07, 6.45) is 4.99. The molecule has 236 valence electrons. The molecule has 45 heavy (non-hydrogen) atoms. The third-order valence-electron chi connectivity index (χ3n) is 6.30. The maximum absolute atomic E-state index is 12.8. The highest BCUT2D eigenvalue weighted by atomic mass is 16.5. The summed E-state index contributed by atoms with van der Waals surface area (Å²) in [6.45, 7) is 10.00. The Morgan fingerprint density at radius 3 is 1.60 bits per heavy atom. The van der Waals surface area contributed by atoms with Gasteiger partial charge in [-0.15, -0.1) is 0 Å². The average molecular weight is 616 g/mol. The fourth-order valence-corrected chi connectivity index (χ4v) is 3.84. The van der Waals surface area contributed by atoms with E-state index in [2.05, 4.69) is 18.5 Å². The highest BCUT2D eigenvalue weighted by molar-refractivity contribution is 6.04. The summed E-state index contributed by atoms with van der Waals surface area (Å²) in [5.41, 5.74) is 2.11. The highest BCUT2D eigenvalue weighted by Crippen LogP contribution is 2.24. The number of amides is 1. The number of nitrogens with one attached hydrogen (secondary N) is 1. The van der Waals surface area contributed by atoms with Crippen molar-refractivity contribution in [3.05, 3.63) is 109 Å². The van der Waals surface area contributed by atoms with Crippen molar-refractivity contribution in [2.24, 2.45) is 0 Å². The molecule has 3 aromatic carbocycles. The predicted molar refractivity (Wildman–Crippen MR) is 169 cm³/mol. The maximum Gasteiger partial charge on any atom is 0.343 e. The summed E-state index contributed by atoms with van der Waals surface area (Å²) in [6, 6.07) is 18.3. The monoisotopic (exact) mass is 615 g/mol. The Hall–Kier alpha value is -5.38. The smallest absolute Gasteiger partial charge is 0.343 e. The van der Waals surface area contributed by atoms with Gasteiger partial charge < -0.3 is 29.0 Å². The van der Waals surface area contributed by atoms with E-state index in [9.17, 15) is 19.2 Å². The van der Waals surface area contributed by atoms with Crippen LogP contribution in [0.1, 0.15) is 52.0 Å². The molecule has 0 aliphatic carbocycles. The van der Waals surface area contributed by atoms with E-state index < -0.39 is 17.9 Å². The first-order chi connectivity index (χ1) is 21.8. The van der Waals surface area contributed by atoms with Crippen LogP contribution >= 0.6 is 0 Å². The Balaban J connectivity index is 1.41. The van der Waals surface area contributed by atoms with E-state index in [0.717, 1.165) is 17.7 Å². The molecule has 0 unspecified atom stereocenters. The van der Waals surface area contributed by atoms with Crippen LogP contribution in [0, 0.1) is 6.92 Å². The number of esters is 3. The van der Waals surface area contributed by atoms with E-state index in [4.69, 9.17) is 23.7 Å². The normalized spacial score (nSPS) is 10.2. The molecule has 0 aromatic heterocycles. The van der Waals surface area contributed by atoms with E-state index >= 15 is 0 Å². The van der Waals surface area contributed by atoms with Gasteiger partial charge in [0.05, 0.1) is 32.0 Å². The lowest BCUT2D eigenvalue weighted by Crippen LogP contribution is -2.13. The van der Waals surface area contributed by atoms with Gasteiger partial charge in [0.1, 0.15) is 17.2 Å². The minimum atomic E-state index is -0.528. The van der Waals surface area contributed by atoms with Gasteiger partial charge in [-0.3, -0.25) is 4.79 Å². The van der Waals surface area contributed by atoms with Crippen LogP contribution in [-0.2, 0) is 19.1 Å². The molecular formula is C35H37NO9. The molecule has 1 N–H and O–H groups in total. The van der Waals surface area contributed by atoms with E-state index in [1.165, 1.54) is 0 Å². The predicted octanol–water partition coefficient (Wildman–Crippen LogP) is 6.24. The number of carbonyl (C=O) groups excluding carboxylic acids is 4. The Kier molecular flexibility index (Phi) is 13.9. The van der Waals surface area contributed by atoms with Crippen molar-refractivity contribution in [2.75, 3.05) is 31.7 Å². The van der Waals surface area contributed by atoms with Gasteiger partial charge in [-0.05, 0) is 105 Å². The molecule has 0 spiro atoms. The van der Waals surface area contributed by atoms with Crippen molar-refractivity contribution in [2.45, 2.75) is 32.6 Å². The number of carbonyl (C=O) groups is 4. The van der Waals surface area contributed by atoms with Crippen molar-refractivity contribution in [3.63, 3.8) is 0 Å². The zero-order chi connectivity index (χ0) is 32.4. The van der Waals surface area contributed by atoms with Crippen LogP contribution in [0.2, 0.25) is 0 Å². The SMILES string of the molecule is C=CC(=O)OCCCCOc1ccc(C(=O)Nc2ccc(OC(=O)c3ccc(OCCCCOC(=O)C=C)cc3)cc2C)cc1. The van der Waals surface area contributed by atoms with Crippen LogP contribution in [0.15, 0.2) is 92.0 Å². The molecule has 0 saturated carbocycles. The maximum atomic E-state index is 12.8. The number of rotatable bonds is 18. The molecule has 0 aliphatic rings. The van der Waals surface area contributed by atoms with Gasteiger partial charge in [0.15, 0.2) is 0 Å². The molecule has 0 atom stereocenters. The van der Waals surface area contributed by atoms with Gasteiger partial charge in [-0.2, -0.15) is 0 Å². The zero-order valence-corrected chi connectivity index (χ0v) is 25.3. The van der Waals surface area contributed by atoms with Gasteiger partial charge in [-0.25, -0.2) is 14.4 Å². The molecule has 0 fully saturated rings. The largest absolute Gasteiger partial charge is 0.494 e. The van der Waals surface area contributed by atoms with Gasteiger partial charge in [0.25, 0.3) is 5.91 Å². The van der Waals surface area contributed by atoms with Gasteiger partial charge >= 0.3 is 17.9 Å². The standard InChI is InChI=1S/C35H37NO9/c1-4-32(37)43-22-8-6-20-41-28-14-10-26(11-15-28)34(39)36-31-19-18-30(24-25(31)3)45-35(40)27-12-16-29(17-13-27)42-21-7-9-23-44-33(38)5-2/h4-5,10-19,24H,1-2,6-9,20-23H2,3H3,(H,36,39). The molecule has 0 radical (unpaired) electrons. The topological polar surface area (TPSA) is 126 Å². The molecule has 0 saturated heterocycles. The molecule has 1 amide bonds. The zero-order valence-electron chi connectivity index (χ0n) is 25.3. The molecule has 10 nitrogen and oxygen atoms in total. The first kappa shape index (κ1) is 34.1. The molecule has 10 heteroatoms. The van der Waals surface area contributed by atoms with Crippen molar-refractivity contribution < 1.29 is 42.9 Å². The number of hydrogen-bond acceptors (Lipinski definition) is 9. The molecular weight excluding hydrogens is 578 g/mol. The Morgan fingerprint density at radius 2 is 1.11 bits per heavy atom. The summed E-state index contributed by atoms with van der Waals surface area (Å²) in [7, 11) is 0. The Bertz CT molecular complexity index is 1460. The van der Waals surface area contributed by atoms with Crippen molar-refractivity contribution in [1.82, 2.24) is 0 Å². The molecule has 0 bridgehead atoms. The Labute approximate surface area is 262 Å². The van der Waals surface area contributed by atoms with E-state index in [-0.39, 0.29) is 5.91 Å². The Morgan fingerprint density at radius 1 is 0.644 bits per heavy atom. The third kappa shape index (κ3) is 12.0. The number of benzene rings is 3. The van der Waals surface area contributed by atoms with E-state index in [1.807, 2.05) is 0 Å². The minimum Gasteiger partial charge on any atom is -0.494 e. The van der Waals surface area contributed by atoms with Gasteiger partial charge in [-0.1, -0.05) is 13.2 Å². The van der Waals surface area contributed by atoms with Crippen LogP contribution in [-0.4, -0.2) is 50.2 Å². The molecule has 0 aliphatic heterocycles. The lowest BCUT2D eigenvalue weighted by molar-refractivity contribution is -0.138. The van der Waals surface area contributed by atoms with Crippen LogP contribution in [0.4, 0.5) is 5.69 Å². The van der Waals surface area contributed by atoms with Crippen LogP contribution in [0.25, 0.3) is 0 Å². The first-order valence-corrected chi connectivity index (χ1v) is 14.5. The number of ether oxygens (including phenoxy) is 5. The highest BCUT2D eigenvalue weighted by Gasteiger charge is 2.12. The fourth-order valence-electron chi connectivity index (χ4n) is 3.84. The van der Waals surface area contributed by atoms with E-state index in [1.54, 1.807) is 73.7 Å². The summed E-state index contributed by atoms with van der Waals surface area (Å²) in [4.78, 5) is 47.5. The summed E-state index contributed by atoms with van der Waals surface area (Å²) in [5.74, 6) is -0.142. The molecule has 3 rings (SSSR count). The second-order valence-corrected chi connectivity index (χ2v) is 9.72. The second kappa shape index (κ2) is 18.3.